The molecule has 0 aromatic heterocycles. The van der Waals surface area contributed by atoms with Gasteiger partial charge in [-0.15, -0.1) is 12.4 Å². The van der Waals surface area contributed by atoms with E-state index in [1.807, 2.05) is 24.3 Å². The van der Waals surface area contributed by atoms with E-state index in [1.165, 1.54) is 0 Å². The normalized spacial score (nSPS) is 11.5. The Morgan fingerprint density at radius 2 is 1.83 bits per heavy atom. The monoisotopic (exact) mass is 249 g/mol. The summed E-state index contributed by atoms with van der Waals surface area (Å²) in [6, 6.07) is 6.87. The first-order chi connectivity index (χ1) is 5.24. The van der Waals surface area contributed by atoms with Crippen LogP contribution in [0.4, 0.5) is 0 Å². The summed E-state index contributed by atoms with van der Waals surface area (Å²) < 4.78 is 0.986. The van der Waals surface area contributed by atoms with Crippen molar-refractivity contribution in [1.29, 1.82) is 0 Å². The fraction of sp³-hybridized carbons (Fsp3) is 0.125. The number of benzene rings is 1. The maximum absolute atomic E-state index is 10.3. The van der Waals surface area contributed by atoms with Crippen LogP contribution in [0.1, 0.15) is 11.6 Å². The van der Waals surface area contributed by atoms with E-state index in [-0.39, 0.29) is 12.4 Å². The van der Waals surface area contributed by atoms with Crippen LogP contribution in [0.15, 0.2) is 28.7 Å². The number of halogens is 2. The molecular weight excluding hydrogens is 241 g/mol. The molecule has 0 radical (unpaired) electrons. The molecule has 12 heavy (non-hydrogen) atoms. The molecule has 4 heteroatoms. The summed E-state index contributed by atoms with van der Waals surface area (Å²) >= 11 is 3.29. The van der Waals surface area contributed by atoms with Crippen molar-refractivity contribution in [3.63, 3.8) is 0 Å². The van der Waals surface area contributed by atoms with E-state index < -0.39 is 6.04 Å². The molecule has 0 aliphatic carbocycles. The van der Waals surface area contributed by atoms with Gasteiger partial charge >= 0.3 is 0 Å². The van der Waals surface area contributed by atoms with Crippen LogP contribution in [0.3, 0.4) is 0 Å². The van der Waals surface area contributed by atoms with Gasteiger partial charge in [0, 0.05) is 4.47 Å². The topological polar surface area (TPSA) is 43.1 Å². The molecule has 0 saturated carbocycles. The largest absolute Gasteiger partial charge is 0.318 e. The summed E-state index contributed by atoms with van der Waals surface area (Å²) in [4.78, 5) is 10.3. The molecule has 0 amide bonds. The molecule has 0 fully saturated rings. The van der Waals surface area contributed by atoms with E-state index in [4.69, 9.17) is 5.73 Å². The second-order valence-corrected chi connectivity index (χ2v) is 3.13. The van der Waals surface area contributed by atoms with Gasteiger partial charge in [-0.3, -0.25) is 0 Å². The van der Waals surface area contributed by atoms with Gasteiger partial charge in [0.15, 0.2) is 0 Å². The second kappa shape index (κ2) is 5.30. The summed E-state index contributed by atoms with van der Waals surface area (Å²) in [6.07, 6.45) is 0.725. The summed E-state index contributed by atoms with van der Waals surface area (Å²) in [6.45, 7) is 0. The van der Waals surface area contributed by atoms with Crippen molar-refractivity contribution >= 4 is 34.6 Å². The van der Waals surface area contributed by atoms with E-state index >= 15 is 0 Å². The maximum Gasteiger partial charge on any atom is 0.141 e. The van der Waals surface area contributed by atoms with Crippen LogP contribution < -0.4 is 5.73 Å². The van der Waals surface area contributed by atoms with Gasteiger partial charge in [0.1, 0.15) is 6.29 Å². The fourth-order valence-corrected chi connectivity index (χ4v) is 1.03. The van der Waals surface area contributed by atoms with Crippen molar-refractivity contribution in [2.75, 3.05) is 0 Å². The smallest absolute Gasteiger partial charge is 0.141 e. The molecule has 1 rings (SSSR count). The number of hydrogen-bond acceptors (Lipinski definition) is 2. The third kappa shape index (κ3) is 2.93. The zero-order chi connectivity index (χ0) is 8.27. The zero-order valence-corrected chi connectivity index (χ0v) is 8.64. The molecule has 2 N–H and O–H groups in total. The Morgan fingerprint density at radius 1 is 1.33 bits per heavy atom. The first-order valence-corrected chi connectivity index (χ1v) is 3.99. The Bertz CT molecular complexity index is 250. The van der Waals surface area contributed by atoms with Crippen LogP contribution in [-0.4, -0.2) is 6.29 Å². The van der Waals surface area contributed by atoms with Gasteiger partial charge in [-0.2, -0.15) is 0 Å². The molecule has 1 unspecified atom stereocenters. The second-order valence-electron chi connectivity index (χ2n) is 2.21. The van der Waals surface area contributed by atoms with Gasteiger partial charge in [-0.05, 0) is 17.7 Å². The SMILES string of the molecule is Cl.NC(C=O)c1ccc(Br)cc1. The first kappa shape index (κ1) is 11.6. The highest BCUT2D eigenvalue weighted by atomic mass is 79.9. The highest BCUT2D eigenvalue weighted by Gasteiger charge is 2.01. The molecule has 0 bridgehead atoms. The highest BCUT2D eigenvalue weighted by Crippen LogP contribution is 2.13. The van der Waals surface area contributed by atoms with Crippen LogP contribution in [-0.2, 0) is 4.79 Å². The number of nitrogens with two attached hydrogens (primary N) is 1. The average Bonchev–Trinajstić information content (AvgIpc) is 2.05. The van der Waals surface area contributed by atoms with Crippen molar-refractivity contribution < 1.29 is 4.79 Å². The summed E-state index contributed by atoms with van der Waals surface area (Å²) in [7, 11) is 0. The number of carbonyl (C=O) groups excluding carboxylic acids is 1. The summed E-state index contributed by atoms with van der Waals surface area (Å²) in [5, 5.41) is 0. The van der Waals surface area contributed by atoms with Crippen molar-refractivity contribution in [1.82, 2.24) is 0 Å². The van der Waals surface area contributed by atoms with E-state index in [0.29, 0.717) is 0 Å². The van der Waals surface area contributed by atoms with Crippen LogP contribution in [0.2, 0.25) is 0 Å². The minimum Gasteiger partial charge on any atom is -0.318 e. The lowest BCUT2D eigenvalue weighted by molar-refractivity contribution is -0.109. The average molecular weight is 251 g/mol. The Kier molecular flexibility index (Phi) is 5.13. The Labute approximate surface area is 85.7 Å². The Morgan fingerprint density at radius 3 is 2.25 bits per heavy atom. The van der Waals surface area contributed by atoms with E-state index in [1.54, 1.807) is 0 Å². The number of aldehydes is 1. The van der Waals surface area contributed by atoms with Gasteiger partial charge in [0.05, 0.1) is 6.04 Å². The summed E-state index contributed by atoms with van der Waals surface area (Å²) in [5.74, 6) is 0. The van der Waals surface area contributed by atoms with Gasteiger partial charge in [-0.25, -0.2) is 0 Å². The molecule has 0 saturated heterocycles. The van der Waals surface area contributed by atoms with E-state index in [9.17, 15) is 4.79 Å². The lowest BCUT2D eigenvalue weighted by Gasteiger charge is -2.02. The predicted molar refractivity (Wildman–Crippen MR) is 54.4 cm³/mol. The lowest BCUT2D eigenvalue weighted by atomic mass is 10.1. The van der Waals surface area contributed by atoms with Gasteiger partial charge in [0.25, 0.3) is 0 Å². The van der Waals surface area contributed by atoms with Gasteiger partial charge in [0.2, 0.25) is 0 Å². The van der Waals surface area contributed by atoms with Crippen LogP contribution in [0, 0.1) is 0 Å². The zero-order valence-electron chi connectivity index (χ0n) is 6.24. The molecule has 0 aliphatic heterocycles. The molecule has 0 aliphatic rings. The Hall–Kier alpha value is -0.380. The minimum absolute atomic E-state index is 0. The van der Waals surface area contributed by atoms with Gasteiger partial charge in [-0.1, -0.05) is 28.1 Å². The number of rotatable bonds is 2. The third-order valence-corrected chi connectivity index (χ3v) is 1.93. The van der Waals surface area contributed by atoms with E-state index in [2.05, 4.69) is 15.9 Å². The molecule has 66 valence electrons. The first-order valence-electron chi connectivity index (χ1n) is 3.20. The number of carbonyl (C=O) groups is 1. The molecule has 0 heterocycles. The highest BCUT2D eigenvalue weighted by molar-refractivity contribution is 9.10. The van der Waals surface area contributed by atoms with Crippen molar-refractivity contribution in [3.8, 4) is 0 Å². The molecule has 1 aromatic carbocycles. The lowest BCUT2D eigenvalue weighted by Crippen LogP contribution is -2.10. The van der Waals surface area contributed by atoms with E-state index in [0.717, 1.165) is 16.3 Å². The molecule has 1 aromatic rings. The number of hydrogen-bond donors (Lipinski definition) is 1. The predicted octanol–water partition coefficient (Wildman–Crippen LogP) is 2.07. The van der Waals surface area contributed by atoms with Crippen molar-refractivity contribution in [3.05, 3.63) is 34.3 Å². The molecule has 0 spiro atoms. The minimum atomic E-state index is -0.497. The maximum atomic E-state index is 10.3. The third-order valence-electron chi connectivity index (χ3n) is 1.40. The van der Waals surface area contributed by atoms with Crippen LogP contribution in [0.5, 0.6) is 0 Å². The van der Waals surface area contributed by atoms with Crippen molar-refractivity contribution in [2.45, 2.75) is 6.04 Å². The standard InChI is InChI=1S/C8H8BrNO.ClH/c9-7-3-1-6(2-4-7)8(10)5-11;/h1-5,8H,10H2;1H. The van der Waals surface area contributed by atoms with Crippen molar-refractivity contribution in [2.24, 2.45) is 5.73 Å². The fourth-order valence-electron chi connectivity index (χ4n) is 0.764. The van der Waals surface area contributed by atoms with Crippen LogP contribution >= 0.6 is 28.3 Å². The molecular formula is C8H9BrClNO. The van der Waals surface area contributed by atoms with Gasteiger partial charge < -0.3 is 10.5 Å². The summed E-state index contributed by atoms with van der Waals surface area (Å²) in [5.41, 5.74) is 6.30. The molecule has 2 nitrogen and oxygen atoms in total. The Balaban J connectivity index is 0.00000121. The van der Waals surface area contributed by atoms with Crippen LogP contribution in [0.25, 0.3) is 0 Å². The molecule has 1 atom stereocenters. The quantitative estimate of drug-likeness (QED) is 0.817.